The van der Waals surface area contributed by atoms with E-state index in [0.717, 1.165) is 18.2 Å². The summed E-state index contributed by atoms with van der Waals surface area (Å²) in [6, 6.07) is 3.09. The van der Waals surface area contributed by atoms with Crippen LogP contribution in [0.4, 0.5) is 15.8 Å². The summed E-state index contributed by atoms with van der Waals surface area (Å²) >= 11 is 0. The summed E-state index contributed by atoms with van der Waals surface area (Å²) in [7, 11) is 0. The van der Waals surface area contributed by atoms with Crippen LogP contribution >= 0.6 is 0 Å². The highest BCUT2D eigenvalue weighted by Gasteiger charge is 2.13. The van der Waals surface area contributed by atoms with Crippen LogP contribution in [0, 0.1) is 15.9 Å². The van der Waals surface area contributed by atoms with Gasteiger partial charge < -0.3 is 10.6 Å². The zero-order valence-corrected chi connectivity index (χ0v) is 10.1. The predicted octanol–water partition coefficient (Wildman–Crippen LogP) is 1.67. The Morgan fingerprint density at radius 1 is 1.50 bits per heavy atom. The number of amides is 1. The van der Waals surface area contributed by atoms with Crippen molar-refractivity contribution in [1.29, 1.82) is 0 Å². The fourth-order valence-electron chi connectivity index (χ4n) is 1.21. The SMILES string of the molecule is CC(C)NCC(=O)Nc1cc([N+](=O)[O-])ccc1F. The Morgan fingerprint density at radius 2 is 2.17 bits per heavy atom. The van der Waals surface area contributed by atoms with Crippen molar-refractivity contribution in [2.45, 2.75) is 19.9 Å². The molecule has 0 aromatic heterocycles. The first kappa shape index (κ1) is 14.0. The molecule has 2 N–H and O–H groups in total. The third-order valence-corrected chi connectivity index (χ3v) is 2.11. The van der Waals surface area contributed by atoms with Crippen LogP contribution in [0.1, 0.15) is 13.8 Å². The molecular formula is C11H14FN3O3. The number of hydrogen-bond donors (Lipinski definition) is 2. The molecule has 1 amide bonds. The molecule has 0 fully saturated rings. The van der Waals surface area contributed by atoms with Crippen molar-refractivity contribution in [3.63, 3.8) is 0 Å². The lowest BCUT2D eigenvalue weighted by Crippen LogP contribution is -2.32. The number of nitrogens with zero attached hydrogens (tertiary/aromatic N) is 1. The van der Waals surface area contributed by atoms with Crippen LogP contribution in [0.3, 0.4) is 0 Å². The molecule has 0 atom stereocenters. The molecule has 0 unspecified atom stereocenters. The third-order valence-electron chi connectivity index (χ3n) is 2.11. The molecule has 18 heavy (non-hydrogen) atoms. The third kappa shape index (κ3) is 4.10. The Labute approximate surface area is 103 Å². The average molecular weight is 255 g/mol. The largest absolute Gasteiger partial charge is 0.322 e. The van der Waals surface area contributed by atoms with Crippen molar-refractivity contribution in [1.82, 2.24) is 5.32 Å². The molecular weight excluding hydrogens is 241 g/mol. The minimum absolute atomic E-state index is 0.0137. The lowest BCUT2D eigenvalue weighted by atomic mass is 10.2. The highest BCUT2D eigenvalue weighted by atomic mass is 19.1. The topological polar surface area (TPSA) is 84.3 Å². The second kappa shape index (κ2) is 6.06. The number of non-ortho nitro benzene ring substituents is 1. The Bertz CT molecular complexity index is 463. The zero-order valence-electron chi connectivity index (χ0n) is 10.1. The highest BCUT2D eigenvalue weighted by molar-refractivity contribution is 5.92. The molecule has 0 aliphatic rings. The first-order valence-corrected chi connectivity index (χ1v) is 5.37. The summed E-state index contributed by atoms with van der Waals surface area (Å²) in [4.78, 5) is 21.3. The van der Waals surface area contributed by atoms with Crippen molar-refractivity contribution in [3.05, 3.63) is 34.1 Å². The van der Waals surface area contributed by atoms with Crippen molar-refractivity contribution in [3.8, 4) is 0 Å². The summed E-state index contributed by atoms with van der Waals surface area (Å²) in [5.41, 5.74) is -0.469. The van der Waals surface area contributed by atoms with Gasteiger partial charge in [-0.25, -0.2) is 4.39 Å². The van der Waals surface area contributed by atoms with Crippen LogP contribution in [0.2, 0.25) is 0 Å². The molecule has 98 valence electrons. The van der Waals surface area contributed by atoms with E-state index >= 15 is 0 Å². The van der Waals surface area contributed by atoms with Gasteiger partial charge in [-0.2, -0.15) is 0 Å². The molecule has 0 saturated carbocycles. The van der Waals surface area contributed by atoms with Gasteiger partial charge >= 0.3 is 0 Å². The fourth-order valence-corrected chi connectivity index (χ4v) is 1.21. The minimum Gasteiger partial charge on any atom is -0.322 e. The molecule has 0 aliphatic heterocycles. The Morgan fingerprint density at radius 3 is 2.72 bits per heavy atom. The second-order valence-corrected chi connectivity index (χ2v) is 4.01. The maximum Gasteiger partial charge on any atom is 0.271 e. The van der Waals surface area contributed by atoms with Crippen molar-refractivity contribution in [2.24, 2.45) is 0 Å². The molecule has 7 heteroatoms. The van der Waals surface area contributed by atoms with E-state index in [0.29, 0.717) is 0 Å². The van der Waals surface area contributed by atoms with Crippen LogP contribution in [0.25, 0.3) is 0 Å². The quantitative estimate of drug-likeness (QED) is 0.619. The molecule has 0 radical (unpaired) electrons. The molecule has 0 heterocycles. The number of rotatable bonds is 5. The van der Waals surface area contributed by atoms with E-state index in [-0.39, 0.29) is 24.0 Å². The van der Waals surface area contributed by atoms with Crippen LogP contribution < -0.4 is 10.6 Å². The Kier molecular flexibility index (Phi) is 4.73. The standard InChI is InChI=1S/C11H14FN3O3/c1-7(2)13-6-11(16)14-10-5-8(15(17)18)3-4-9(10)12/h3-5,7,13H,6H2,1-2H3,(H,14,16). The van der Waals surface area contributed by atoms with E-state index in [9.17, 15) is 19.3 Å². The van der Waals surface area contributed by atoms with Gasteiger partial charge in [0.2, 0.25) is 5.91 Å². The molecule has 0 aliphatic carbocycles. The van der Waals surface area contributed by atoms with E-state index in [1.165, 1.54) is 0 Å². The summed E-state index contributed by atoms with van der Waals surface area (Å²) in [6.45, 7) is 3.74. The number of carbonyl (C=O) groups is 1. The fraction of sp³-hybridized carbons (Fsp3) is 0.364. The van der Waals surface area contributed by atoms with E-state index in [2.05, 4.69) is 10.6 Å². The van der Waals surface area contributed by atoms with Gasteiger partial charge in [-0.3, -0.25) is 14.9 Å². The normalized spacial score (nSPS) is 10.4. The monoisotopic (exact) mass is 255 g/mol. The number of anilines is 1. The smallest absolute Gasteiger partial charge is 0.271 e. The van der Waals surface area contributed by atoms with Gasteiger partial charge in [0.1, 0.15) is 5.82 Å². The van der Waals surface area contributed by atoms with Gasteiger partial charge in [-0.05, 0) is 6.07 Å². The number of nitrogens with one attached hydrogen (secondary N) is 2. The van der Waals surface area contributed by atoms with Gasteiger partial charge in [0.15, 0.2) is 0 Å². The maximum absolute atomic E-state index is 13.3. The van der Waals surface area contributed by atoms with E-state index in [4.69, 9.17) is 0 Å². The Balaban J connectivity index is 2.74. The molecule has 0 spiro atoms. The second-order valence-electron chi connectivity index (χ2n) is 4.01. The lowest BCUT2D eigenvalue weighted by molar-refractivity contribution is -0.384. The van der Waals surface area contributed by atoms with Crippen LogP contribution in [-0.4, -0.2) is 23.4 Å². The lowest BCUT2D eigenvalue weighted by Gasteiger charge is -2.09. The first-order valence-electron chi connectivity index (χ1n) is 5.37. The van der Waals surface area contributed by atoms with Crippen LogP contribution in [0.5, 0.6) is 0 Å². The number of carbonyl (C=O) groups excluding carboxylic acids is 1. The van der Waals surface area contributed by atoms with E-state index in [1.807, 2.05) is 13.8 Å². The van der Waals surface area contributed by atoms with E-state index < -0.39 is 16.6 Å². The van der Waals surface area contributed by atoms with Crippen LogP contribution in [0.15, 0.2) is 18.2 Å². The summed E-state index contributed by atoms with van der Waals surface area (Å²) in [5.74, 6) is -1.17. The molecule has 1 rings (SSSR count). The zero-order chi connectivity index (χ0) is 13.7. The highest BCUT2D eigenvalue weighted by Crippen LogP contribution is 2.20. The number of halogens is 1. The van der Waals surface area contributed by atoms with Crippen molar-refractivity contribution < 1.29 is 14.1 Å². The minimum atomic E-state index is -0.710. The first-order chi connectivity index (χ1) is 8.40. The Hall–Kier alpha value is -2.02. The van der Waals surface area contributed by atoms with Gasteiger partial charge in [-0.15, -0.1) is 0 Å². The van der Waals surface area contributed by atoms with E-state index in [1.54, 1.807) is 0 Å². The predicted molar refractivity (Wildman–Crippen MR) is 64.8 cm³/mol. The number of benzene rings is 1. The summed E-state index contributed by atoms with van der Waals surface area (Å²) in [6.07, 6.45) is 0. The van der Waals surface area contributed by atoms with Crippen molar-refractivity contribution in [2.75, 3.05) is 11.9 Å². The number of nitro groups is 1. The molecule has 1 aromatic carbocycles. The molecule has 0 saturated heterocycles. The maximum atomic E-state index is 13.3. The van der Waals surface area contributed by atoms with Crippen LogP contribution in [-0.2, 0) is 4.79 Å². The van der Waals surface area contributed by atoms with Gasteiger partial charge in [0, 0.05) is 18.2 Å². The molecule has 1 aromatic rings. The summed E-state index contributed by atoms with van der Waals surface area (Å²) < 4.78 is 13.3. The molecule has 0 bridgehead atoms. The summed E-state index contributed by atoms with van der Waals surface area (Å²) in [5, 5.41) is 15.7. The van der Waals surface area contributed by atoms with Crippen molar-refractivity contribution >= 4 is 17.3 Å². The van der Waals surface area contributed by atoms with Gasteiger partial charge in [-0.1, -0.05) is 13.8 Å². The van der Waals surface area contributed by atoms with Gasteiger partial charge in [0.25, 0.3) is 5.69 Å². The number of hydrogen-bond acceptors (Lipinski definition) is 4. The van der Waals surface area contributed by atoms with Gasteiger partial charge in [0.05, 0.1) is 17.2 Å². The molecule has 6 nitrogen and oxygen atoms in total. The number of nitro benzene ring substituents is 1. The average Bonchev–Trinajstić information content (AvgIpc) is 2.29.